The van der Waals surface area contributed by atoms with Gasteiger partial charge in [-0.05, 0) is 54.5 Å². The van der Waals surface area contributed by atoms with Gasteiger partial charge in [0.2, 0.25) is 5.91 Å². The Kier molecular flexibility index (Phi) is 4.38. The molecule has 0 aromatic carbocycles. The number of carbonyl (C=O) groups excluding carboxylic acids is 1. The average molecular weight is 294 g/mol. The second-order valence-electron chi connectivity index (χ2n) is 5.75. The number of ether oxygens (including phenoxy) is 1. The van der Waals surface area contributed by atoms with E-state index in [0.29, 0.717) is 0 Å². The van der Waals surface area contributed by atoms with Crippen LogP contribution in [0.15, 0.2) is 16.8 Å². The van der Waals surface area contributed by atoms with Crippen molar-refractivity contribution >= 4 is 17.2 Å². The van der Waals surface area contributed by atoms with E-state index in [1.54, 1.807) is 11.3 Å². The zero-order valence-electron chi connectivity index (χ0n) is 11.9. The summed E-state index contributed by atoms with van der Waals surface area (Å²) < 4.78 is 5.65. The van der Waals surface area contributed by atoms with Crippen molar-refractivity contribution in [3.63, 3.8) is 0 Å². The zero-order chi connectivity index (χ0) is 13.9. The van der Waals surface area contributed by atoms with E-state index in [9.17, 15) is 4.79 Å². The highest BCUT2D eigenvalue weighted by atomic mass is 32.1. The molecular weight excluding hydrogens is 272 g/mol. The SMILES string of the molecule is CC1NC(c2ccsc2)N(CCCOCC2CC2)C1=O. The minimum absolute atomic E-state index is 0.0344. The van der Waals surface area contributed by atoms with Crippen molar-refractivity contribution in [2.45, 2.75) is 38.4 Å². The Morgan fingerprint density at radius 3 is 3.05 bits per heavy atom. The van der Waals surface area contributed by atoms with Gasteiger partial charge < -0.3 is 9.64 Å². The molecule has 0 spiro atoms. The lowest BCUT2D eigenvalue weighted by molar-refractivity contribution is -0.130. The van der Waals surface area contributed by atoms with E-state index >= 15 is 0 Å². The second kappa shape index (κ2) is 6.24. The third-order valence-corrected chi connectivity index (χ3v) is 4.67. The Morgan fingerprint density at radius 2 is 2.35 bits per heavy atom. The fourth-order valence-corrected chi connectivity index (χ4v) is 3.27. The van der Waals surface area contributed by atoms with E-state index in [4.69, 9.17) is 4.74 Å². The molecule has 1 amide bonds. The van der Waals surface area contributed by atoms with Crippen LogP contribution in [0, 0.1) is 5.92 Å². The summed E-state index contributed by atoms with van der Waals surface area (Å²) in [6.45, 7) is 4.36. The third kappa shape index (κ3) is 3.22. The van der Waals surface area contributed by atoms with Crippen LogP contribution in [-0.4, -0.2) is 36.6 Å². The van der Waals surface area contributed by atoms with E-state index < -0.39 is 0 Å². The first-order valence-corrected chi connectivity index (χ1v) is 8.36. The van der Waals surface area contributed by atoms with Gasteiger partial charge in [0.25, 0.3) is 0 Å². The van der Waals surface area contributed by atoms with E-state index in [-0.39, 0.29) is 18.1 Å². The molecule has 2 aliphatic rings. The lowest BCUT2D eigenvalue weighted by Gasteiger charge is -2.23. The normalized spacial score (nSPS) is 26.4. The number of thiophene rings is 1. The number of nitrogens with one attached hydrogen (secondary N) is 1. The molecule has 1 aliphatic heterocycles. The lowest BCUT2D eigenvalue weighted by Crippen LogP contribution is -2.32. The Labute approximate surface area is 124 Å². The number of hydrogen-bond acceptors (Lipinski definition) is 4. The minimum Gasteiger partial charge on any atom is -0.381 e. The summed E-state index contributed by atoms with van der Waals surface area (Å²) in [7, 11) is 0. The molecule has 3 rings (SSSR count). The number of hydrogen-bond donors (Lipinski definition) is 1. The van der Waals surface area contributed by atoms with Crippen LogP contribution in [0.1, 0.15) is 37.9 Å². The Bertz CT molecular complexity index is 445. The highest BCUT2D eigenvalue weighted by molar-refractivity contribution is 7.07. The molecule has 2 unspecified atom stereocenters. The van der Waals surface area contributed by atoms with Gasteiger partial charge in [-0.2, -0.15) is 11.3 Å². The van der Waals surface area contributed by atoms with Crippen LogP contribution < -0.4 is 5.32 Å². The maximum Gasteiger partial charge on any atom is 0.241 e. The van der Waals surface area contributed by atoms with Crippen LogP contribution in [-0.2, 0) is 9.53 Å². The summed E-state index contributed by atoms with van der Waals surface area (Å²) in [6.07, 6.45) is 3.60. The van der Waals surface area contributed by atoms with Gasteiger partial charge in [-0.15, -0.1) is 0 Å². The predicted octanol–water partition coefficient (Wildman–Crippen LogP) is 2.38. The zero-order valence-corrected chi connectivity index (χ0v) is 12.7. The van der Waals surface area contributed by atoms with Crippen LogP contribution in [0.4, 0.5) is 0 Å². The van der Waals surface area contributed by atoms with Crippen molar-refractivity contribution in [1.82, 2.24) is 10.2 Å². The van der Waals surface area contributed by atoms with Gasteiger partial charge in [-0.25, -0.2) is 0 Å². The largest absolute Gasteiger partial charge is 0.381 e. The number of amides is 1. The molecule has 1 saturated heterocycles. The van der Waals surface area contributed by atoms with E-state index in [2.05, 4.69) is 22.1 Å². The topological polar surface area (TPSA) is 41.6 Å². The van der Waals surface area contributed by atoms with Gasteiger partial charge in [0, 0.05) is 19.8 Å². The predicted molar refractivity (Wildman–Crippen MR) is 79.5 cm³/mol. The molecule has 5 heteroatoms. The van der Waals surface area contributed by atoms with E-state index in [0.717, 1.165) is 32.1 Å². The van der Waals surface area contributed by atoms with Crippen molar-refractivity contribution in [2.24, 2.45) is 5.92 Å². The molecule has 1 saturated carbocycles. The first kappa shape index (κ1) is 14.0. The fraction of sp³-hybridized carbons (Fsp3) is 0.667. The van der Waals surface area contributed by atoms with Crippen LogP contribution in [0.3, 0.4) is 0 Å². The maximum absolute atomic E-state index is 12.2. The molecule has 1 N–H and O–H groups in total. The van der Waals surface area contributed by atoms with E-state index in [1.165, 1.54) is 18.4 Å². The molecule has 110 valence electrons. The molecule has 0 bridgehead atoms. The van der Waals surface area contributed by atoms with Gasteiger partial charge in [-0.3, -0.25) is 10.1 Å². The quantitative estimate of drug-likeness (QED) is 0.785. The van der Waals surface area contributed by atoms with Crippen molar-refractivity contribution < 1.29 is 9.53 Å². The fourth-order valence-electron chi connectivity index (χ4n) is 2.59. The molecule has 1 aromatic heterocycles. The summed E-state index contributed by atoms with van der Waals surface area (Å²) in [6, 6.07) is 2.00. The van der Waals surface area contributed by atoms with E-state index in [1.807, 2.05) is 11.8 Å². The Balaban J connectivity index is 1.50. The number of nitrogens with zero attached hydrogens (tertiary/aromatic N) is 1. The standard InChI is InChI=1S/C15H22N2O2S/c1-11-15(18)17(6-2-7-19-9-12-3-4-12)14(16-11)13-5-8-20-10-13/h5,8,10-12,14,16H,2-4,6-7,9H2,1H3. The summed E-state index contributed by atoms with van der Waals surface area (Å²) >= 11 is 1.67. The van der Waals surface area contributed by atoms with Gasteiger partial charge in [0.1, 0.15) is 6.17 Å². The van der Waals surface area contributed by atoms with Crippen molar-refractivity contribution in [3.8, 4) is 0 Å². The molecule has 1 aliphatic carbocycles. The molecule has 4 nitrogen and oxygen atoms in total. The van der Waals surface area contributed by atoms with Gasteiger partial charge in [0.15, 0.2) is 0 Å². The van der Waals surface area contributed by atoms with Gasteiger partial charge in [-0.1, -0.05) is 0 Å². The Hall–Kier alpha value is -0.910. The van der Waals surface area contributed by atoms with Gasteiger partial charge >= 0.3 is 0 Å². The third-order valence-electron chi connectivity index (χ3n) is 3.97. The molecule has 2 atom stereocenters. The van der Waals surface area contributed by atoms with Crippen molar-refractivity contribution in [3.05, 3.63) is 22.4 Å². The molecule has 1 aromatic rings. The number of carbonyl (C=O) groups is 1. The summed E-state index contributed by atoms with van der Waals surface area (Å²) in [5.74, 6) is 1.01. The molecule has 0 radical (unpaired) electrons. The minimum atomic E-state index is -0.0905. The van der Waals surface area contributed by atoms with Gasteiger partial charge in [0.05, 0.1) is 6.04 Å². The molecule has 2 heterocycles. The number of rotatable bonds is 7. The van der Waals surface area contributed by atoms with Crippen LogP contribution >= 0.6 is 11.3 Å². The maximum atomic E-state index is 12.2. The monoisotopic (exact) mass is 294 g/mol. The molecule has 20 heavy (non-hydrogen) atoms. The highest BCUT2D eigenvalue weighted by Crippen LogP contribution is 2.29. The average Bonchev–Trinajstić information content (AvgIpc) is 3.02. The van der Waals surface area contributed by atoms with Crippen molar-refractivity contribution in [1.29, 1.82) is 0 Å². The van der Waals surface area contributed by atoms with Crippen LogP contribution in [0.5, 0.6) is 0 Å². The van der Waals surface area contributed by atoms with Crippen molar-refractivity contribution in [2.75, 3.05) is 19.8 Å². The summed E-state index contributed by atoms with van der Waals surface area (Å²) in [4.78, 5) is 14.2. The molecule has 2 fully saturated rings. The van der Waals surface area contributed by atoms with Crippen LogP contribution in [0.25, 0.3) is 0 Å². The second-order valence-corrected chi connectivity index (χ2v) is 6.53. The first-order valence-electron chi connectivity index (χ1n) is 7.42. The Morgan fingerprint density at radius 1 is 1.50 bits per heavy atom. The molecular formula is C15H22N2O2S. The smallest absolute Gasteiger partial charge is 0.241 e. The summed E-state index contributed by atoms with van der Waals surface area (Å²) in [5.41, 5.74) is 1.19. The summed E-state index contributed by atoms with van der Waals surface area (Å²) in [5, 5.41) is 7.54. The lowest BCUT2D eigenvalue weighted by atomic mass is 10.2. The van der Waals surface area contributed by atoms with Crippen LogP contribution in [0.2, 0.25) is 0 Å². The highest BCUT2D eigenvalue weighted by Gasteiger charge is 2.36. The first-order chi connectivity index (χ1) is 9.75.